The fourth-order valence-corrected chi connectivity index (χ4v) is 2.58. The molecule has 0 spiro atoms. The van der Waals surface area contributed by atoms with Crippen molar-refractivity contribution >= 4 is 12.0 Å². The second kappa shape index (κ2) is 7.96. The van der Waals surface area contributed by atoms with Crippen molar-refractivity contribution < 1.29 is 14.6 Å². The topological polar surface area (TPSA) is 49.8 Å². The molecule has 1 saturated heterocycles. The average molecular weight is 289 g/mol. The maximum Gasteiger partial charge on any atom is 0.328 e. The molecule has 1 atom stereocenters. The van der Waals surface area contributed by atoms with Gasteiger partial charge in [-0.05, 0) is 43.5 Å². The van der Waals surface area contributed by atoms with Crippen molar-refractivity contribution in [3.63, 3.8) is 0 Å². The Balaban J connectivity index is 1.83. The van der Waals surface area contributed by atoms with Crippen molar-refractivity contribution in [3.05, 3.63) is 41.5 Å². The van der Waals surface area contributed by atoms with Gasteiger partial charge in [0.25, 0.3) is 0 Å². The Morgan fingerprint density at radius 1 is 1.38 bits per heavy atom. The highest BCUT2D eigenvalue weighted by atomic mass is 16.5. The molecule has 0 amide bonds. The van der Waals surface area contributed by atoms with Gasteiger partial charge in [0.05, 0.1) is 6.10 Å². The van der Waals surface area contributed by atoms with E-state index in [1.807, 2.05) is 24.3 Å². The predicted molar refractivity (Wildman–Crippen MR) is 83.0 cm³/mol. The number of aliphatic carboxylic acids is 1. The Bertz CT molecular complexity index is 475. The first-order valence-electron chi connectivity index (χ1n) is 7.43. The highest BCUT2D eigenvalue weighted by Gasteiger charge is 2.15. The quantitative estimate of drug-likeness (QED) is 0.818. The summed E-state index contributed by atoms with van der Waals surface area (Å²) in [6.45, 7) is 2.73. The zero-order valence-corrected chi connectivity index (χ0v) is 12.5. The van der Waals surface area contributed by atoms with Gasteiger partial charge >= 0.3 is 5.97 Å². The Morgan fingerprint density at radius 3 is 2.76 bits per heavy atom. The minimum Gasteiger partial charge on any atom is -0.478 e. The van der Waals surface area contributed by atoms with E-state index in [2.05, 4.69) is 11.9 Å². The van der Waals surface area contributed by atoms with Crippen LogP contribution in [0.4, 0.5) is 0 Å². The normalized spacial score (nSPS) is 19.2. The molecule has 21 heavy (non-hydrogen) atoms. The second-order valence-electron chi connectivity index (χ2n) is 5.60. The van der Waals surface area contributed by atoms with Crippen LogP contribution in [0.3, 0.4) is 0 Å². The molecule has 0 bridgehead atoms. The van der Waals surface area contributed by atoms with E-state index in [0.29, 0.717) is 6.10 Å². The molecular formula is C17H23NO3. The van der Waals surface area contributed by atoms with Gasteiger partial charge in [-0.25, -0.2) is 4.79 Å². The summed E-state index contributed by atoms with van der Waals surface area (Å²) in [7, 11) is 2.11. The minimum atomic E-state index is -0.925. The Hall–Kier alpha value is -1.65. The third-order valence-corrected chi connectivity index (χ3v) is 3.64. The summed E-state index contributed by atoms with van der Waals surface area (Å²) in [5.74, 6) is -0.925. The van der Waals surface area contributed by atoms with Gasteiger partial charge in [0.1, 0.15) is 0 Å². The smallest absolute Gasteiger partial charge is 0.328 e. The van der Waals surface area contributed by atoms with Gasteiger partial charge in [-0.3, -0.25) is 4.90 Å². The molecule has 1 aromatic rings. The molecule has 1 aliphatic rings. The lowest BCUT2D eigenvalue weighted by Crippen LogP contribution is -2.33. The van der Waals surface area contributed by atoms with Crippen molar-refractivity contribution in [2.24, 2.45) is 0 Å². The molecule has 1 heterocycles. The van der Waals surface area contributed by atoms with Crippen LogP contribution in [0.5, 0.6) is 0 Å². The molecule has 0 saturated carbocycles. The van der Waals surface area contributed by atoms with Crippen LogP contribution in [0.25, 0.3) is 6.08 Å². The summed E-state index contributed by atoms with van der Waals surface area (Å²) in [6, 6.07) is 7.97. The number of carboxylic acids is 1. The van der Waals surface area contributed by atoms with Gasteiger partial charge in [0.15, 0.2) is 0 Å². The number of ether oxygens (including phenoxy) is 1. The molecular weight excluding hydrogens is 266 g/mol. The van der Waals surface area contributed by atoms with Crippen LogP contribution in [0.2, 0.25) is 0 Å². The Morgan fingerprint density at radius 2 is 2.14 bits per heavy atom. The van der Waals surface area contributed by atoms with Crippen molar-refractivity contribution in [3.8, 4) is 0 Å². The van der Waals surface area contributed by atoms with Gasteiger partial charge in [0.2, 0.25) is 0 Å². The van der Waals surface area contributed by atoms with E-state index in [4.69, 9.17) is 9.84 Å². The van der Waals surface area contributed by atoms with Crippen LogP contribution in [0, 0.1) is 0 Å². The van der Waals surface area contributed by atoms with E-state index in [1.165, 1.54) is 18.4 Å². The van der Waals surface area contributed by atoms with Crippen molar-refractivity contribution in [2.75, 3.05) is 20.2 Å². The monoisotopic (exact) mass is 289 g/mol. The number of likely N-dealkylation sites (N-methyl/N-ethyl adjacent to an activating group) is 1. The van der Waals surface area contributed by atoms with E-state index in [0.717, 1.165) is 37.8 Å². The summed E-state index contributed by atoms with van der Waals surface area (Å²) < 4.78 is 5.75. The van der Waals surface area contributed by atoms with Crippen molar-refractivity contribution in [1.82, 2.24) is 4.90 Å². The van der Waals surface area contributed by atoms with E-state index < -0.39 is 5.97 Å². The van der Waals surface area contributed by atoms with Gasteiger partial charge in [-0.15, -0.1) is 0 Å². The van der Waals surface area contributed by atoms with E-state index in [1.54, 1.807) is 6.08 Å². The number of carbonyl (C=O) groups is 1. The van der Waals surface area contributed by atoms with E-state index in [9.17, 15) is 4.79 Å². The first-order chi connectivity index (χ1) is 10.1. The Labute approximate surface area is 126 Å². The molecule has 4 nitrogen and oxygen atoms in total. The maximum atomic E-state index is 10.5. The highest BCUT2D eigenvalue weighted by molar-refractivity contribution is 5.85. The average Bonchev–Trinajstić information content (AvgIpc) is 2.47. The number of benzene rings is 1. The second-order valence-corrected chi connectivity index (χ2v) is 5.60. The summed E-state index contributed by atoms with van der Waals surface area (Å²) in [6.07, 6.45) is 6.73. The first-order valence-corrected chi connectivity index (χ1v) is 7.43. The largest absolute Gasteiger partial charge is 0.478 e. The maximum absolute atomic E-state index is 10.5. The first kappa shape index (κ1) is 15.7. The molecule has 1 fully saturated rings. The number of hydrogen-bond acceptors (Lipinski definition) is 3. The standard InChI is InChI=1S/C17H23NO3/c1-18(13-16-4-2-3-11-21-16)12-15-7-5-14(6-8-15)9-10-17(19)20/h5-10,16H,2-4,11-13H2,1H3,(H,19,20). The SMILES string of the molecule is CN(Cc1ccc(C=CC(=O)O)cc1)CC1CCCCO1. The molecule has 114 valence electrons. The zero-order valence-electron chi connectivity index (χ0n) is 12.5. The predicted octanol–water partition coefficient (Wildman–Crippen LogP) is 2.79. The number of hydrogen-bond donors (Lipinski definition) is 1. The van der Waals surface area contributed by atoms with Crippen LogP contribution in [0.1, 0.15) is 30.4 Å². The van der Waals surface area contributed by atoms with Gasteiger partial charge in [-0.2, -0.15) is 0 Å². The fourth-order valence-electron chi connectivity index (χ4n) is 2.58. The number of nitrogens with zero attached hydrogens (tertiary/aromatic N) is 1. The van der Waals surface area contributed by atoms with Crippen LogP contribution in [0.15, 0.2) is 30.3 Å². The molecule has 0 aliphatic carbocycles. The summed E-state index contributed by atoms with van der Waals surface area (Å²) >= 11 is 0. The minimum absolute atomic E-state index is 0.363. The molecule has 1 N–H and O–H groups in total. The molecule has 2 rings (SSSR count). The number of carboxylic acid groups (broad SMARTS) is 1. The molecule has 1 unspecified atom stereocenters. The summed E-state index contributed by atoms with van der Waals surface area (Å²) in [4.78, 5) is 12.7. The van der Waals surface area contributed by atoms with Gasteiger partial charge in [0, 0.05) is 25.8 Å². The third-order valence-electron chi connectivity index (χ3n) is 3.64. The van der Waals surface area contributed by atoms with Crippen LogP contribution in [-0.2, 0) is 16.1 Å². The number of rotatable bonds is 6. The molecule has 1 aliphatic heterocycles. The zero-order chi connectivity index (χ0) is 15.1. The highest BCUT2D eigenvalue weighted by Crippen LogP contribution is 2.15. The lowest BCUT2D eigenvalue weighted by atomic mass is 10.1. The fraction of sp³-hybridized carbons (Fsp3) is 0.471. The van der Waals surface area contributed by atoms with E-state index >= 15 is 0 Å². The van der Waals surface area contributed by atoms with Gasteiger partial charge < -0.3 is 9.84 Å². The van der Waals surface area contributed by atoms with Crippen LogP contribution < -0.4 is 0 Å². The lowest BCUT2D eigenvalue weighted by molar-refractivity contribution is -0.131. The summed E-state index contributed by atoms with van der Waals surface area (Å²) in [5.41, 5.74) is 2.13. The van der Waals surface area contributed by atoms with Crippen LogP contribution in [-0.4, -0.2) is 42.3 Å². The van der Waals surface area contributed by atoms with Crippen molar-refractivity contribution in [1.29, 1.82) is 0 Å². The summed E-state index contributed by atoms with van der Waals surface area (Å²) in [5, 5.41) is 8.60. The molecule has 0 aromatic heterocycles. The van der Waals surface area contributed by atoms with Crippen LogP contribution >= 0.6 is 0 Å². The third kappa shape index (κ3) is 5.69. The Kier molecular flexibility index (Phi) is 5.96. The molecule has 0 radical (unpaired) electrons. The van der Waals surface area contributed by atoms with Crippen molar-refractivity contribution in [2.45, 2.75) is 31.9 Å². The molecule has 4 heteroatoms. The van der Waals surface area contributed by atoms with E-state index in [-0.39, 0.29) is 0 Å². The molecule has 1 aromatic carbocycles. The lowest BCUT2D eigenvalue weighted by Gasteiger charge is -2.27. The van der Waals surface area contributed by atoms with Gasteiger partial charge in [-0.1, -0.05) is 24.3 Å².